The summed E-state index contributed by atoms with van der Waals surface area (Å²) < 4.78 is 15.8. The third-order valence-corrected chi connectivity index (χ3v) is 4.91. The van der Waals surface area contributed by atoms with Gasteiger partial charge in [0.05, 0.1) is 4.88 Å². The van der Waals surface area contributed by atoms with Gasteiger partial charge in [0.1, 0.15) is 16.3 Å². The highest BCUT2D eigenvalue weighted by molar-refractivity contribution is 7.20. The summed E-state index contributed by atoms with van der Waals surface area (Å²) in [5, 5.41) is 8.11. The van der Waals surface area contributed by atoms with E-state index in [-0.39, 0.29) is 11.7 Å². The molecule has 1 amide bonds. The number of carbonyl (C=O) groups is 1. The number of aryl methyl sites for hydroxylation is 1. The van der Waals surface area contributed by atoms with Crippen LogP contribution in [0.15, 0.2) is 30.3 Å². The van der Waals surface area contributed by atoms with Crippen molar-refractivity contribution in [2.75, 3.05) is 27.2 Å². The number of carbonyl (C=O) groups excluding carboxylic acids is 1. The van der Waals surface area contributed by atoms with Crippen LogP contribution in [0.3, 0.4) is 0 Å². The molecule has 1 aromatic carbocycles. The number of thiophene rings is 1. The molecule has 0 atom stereocenters. The van der Waals surface area contributed by atoms with Gasteiger partial charge in [-0.2, -0.15) is 5.10 Å². The Morgan fingerprint density at radius 3 is 2.83 bits per heavy atom. The van der Waals surface area contributed by atoms with Crippen LogP contribution in [0.5, 0.6) is 0 Å². The second-order valence-corrected chi connectivity index (χ2v) is 6.87. The summed E-state index contributed by atoms with van der Waals surface area (Å²) in [5.74, 6) is -0.432. The number of fused-ring (bicyclic) bond motifs is 1. The molecule has 0 bridgehead atoms. The summed E-state index contributed by atoms with van der Waals surface area (Å²) in [6.07, 6.45) is 0. The van der Waals surface area contributed by atoms with Gasteiger partial charge in [0.25, 0.3) is 5.91 Å². The molecule has 2 aromatic heterocycles. The lowest BCUT2D eigenvalue weighted by Crippen LogP contribution is -2.30. The van der Waals surface area contributed by atoms with Crippen LogP contribution in [-0.4, -0.2) is 47.8 Å². The summed E-state index contributed by atoms with van der Waals surface area (Å²) in [6.45, 7) is 1.36. The Hall–Kier alpha value is -2.25. The van der Waals surface area contributed by atoms with Gasteiger partial charge in [-0.15, -0.1) is 11.3 Å². The number of halogens is 1. The normalized spacial score (nSPS) is 11.4. The van der Waals surface area contributed by atoms with Gasteiger partial charge < -0.3 is 10.2 Å². The predicted molar refractivity (Wildman–Crippen MR) is 94.9 cm³/mol. The first-order valence-corrected chi connectivity index (χ1v) is 8.43. The summed E-state index contributed by atoms with van der Waals surface area (Å²) in [5.41, 5.74) is 1.01. The number of likely N-dealkylation sites (N-methyl/N-ethyl adjacent to an activating group) is 1. The van der Waals surface area contributed by atoms with Gasteiger partial charge in [-0.3, -0.25) is 9.48 Å². The first kappa shape index (κ1) is 16.6. The molecule has 0 spiro atoms. The van der Waals surface area contributed by atoms with E-state index >= 15 is 0 Å². The fourth-order valence-electron chi connectivity index (χ4n) is 2.48. The summed E-state index contributed by atoms with van der Waals surface area (Å²) >= 11 is 1.36. The van der Waals surface area contributed by atoms with E-state index in [1.807, 2.05) is 19.0 Å². The summed E-state index contributed by atoms with van der Waals surface area (Å²) in [6, 6.07) is 8.33. The van der Waals surface area contributed by atoms with Crippen LogP contribution in [0, 0.1) is 5.82 Å². The molecule has 3 rings (SSSR count). The minimum absolute atomic E-state index is 0.113. The molecular formula is C17H19FN4OS. The highest BCUT2D eigenvalue weighted by Crippen LogP contribution is 2.34. The Labute approximate surface area is 143 Å². The SMILES string of the molecule is CN(C)CCNC(=O)c1cc2c(-c3ccccc3F)nn(C)c2s1. The highest BCUT2D eigenvalue weighted by Gasteiger charge is 2.19. The number of hydrogen-bond donors (Lipinski definition) is 1. The van der Waals surface area contributed by atoms with E-state index in [1.54, 1.807) is 36.0 Å². The van der Waals surface area contributed by atoms with Crippen LogP contribution >= 0.6 is 11.3 Å². The number of nitrogens with zero attached hydrogens (tertiary/aromatic N) is 3. The van der Waals surface area contributed by atoms with E-state index in [9.17, 15) is 9.18 Å². The van der Waals surface area contributed by atoms with E-state index in [0.29, 0.717) is 22.7 Å². The smallest absolute Gasteiger partial charge is 0.261 e. The summed E-state index contributed by atoms with van der Waals surface area (Å²) in [7, 11) is 5.72. The minimum Gasteiger partial charge on any atom is -0.350 e. The minimum atomic E-state index is -0.319. The van der Waals surface area contributed by atoms with Crippen molar-refractivity contribution in [1.29, 1.82) is 0 Å². The monoisotopic (exact) mass is 346 g/mol. The van der Waals surface area contributed by atoms with Gasteiger partial charge in [-0.05, 0) is 32.3 Å². The Balaban J connectivity index is 1.93. The van der Waals surface area contributed by atoms with E-state index in [1.165, 1.54) is 17.4 Å². The molecule has 2 heterocycles. The van der Waals surface area contributed by atoms with E-state index in [2.05, 4.69) is 10.4 Å². The van der Waals surface area contributed by atoms with Gasteiger partial charge >= 0.3 is 0 Å². The van der Waals surface area contributed by atoms with Crippen molar-refractivity contribution in [1.82, 2.24) is 20.0 Å². The zero-order valence-corrected chi connectivity index (χ0v) is 14.7. The molecule has 0 radical (unpaired) electrons. The average molecular weight is 346 g/mol. The lowest BCUT2D eigenvalue weighted by molar-refractivity contribution is 0.0955. The number of amides is 1. The first-order chi connectivity index (χ1) is 11.5. The maximum absolute atomic E-state index is 14.1. The van der Waals surface area contributed by atoms with Crippen LogP contribution in [0.4, 0.5) is 4.39 Å². The Kier molecular flexibility index (Phi) is 4.64. The van der Waals surface area contributed by atoms with Gasteiger partial charge in [0.15, 0.2) is 0 Å². The standard InChI is InChI=1S/C17H19FN4OS/c1-21(2)9-8-19-16(23)14-10-12-15(20-22(3)17(12)24-14)11-6-4-5-7-13(11)18/h4-7,10H,8-9H2,1-3H3,(H,19,23). The van der Waals surface area contributed by atoms with Gasteiger partial charge in [-0.1, -0.05) is 12.1 Å². The van der Waals surface area contributed by atoms with Crippen LogP contribution in [0.2, 0.25) is 0 Å². The zero-order chi connectivity index (χ0) is 17.3. The highest BCUT2D eigenvalue weighted by atomic mass is 32.1. The molecule has 0 saturated heterocycles. The first-order valence-electron chi connectivity index (χ1n) is 7.61. The van der Waals surface area contributed by atoms with Crippen LogP contribution in [-0.2, 0) is 7.05 Å². The second kappa shape index (κ2) is 6.70. The molecule has 0 aliphatic carbocycles. The van der Waals surface area contributed by atoms with Gasteiger partial charge in [-0.25, -0.2) is 4.39 Å². The maximum Gasteiger partial charge on any atom is 0.261 e. The quantitative estimate of drug-likeness (QED) is 0.773. The van der Waals surface area contributed by atoms with Crippen molar-refractivity contribution in [3.63, 3.8) is 0 Å². The van der Waals surface area contributed by atoms with Crippen molar-refractivity contribution in [3.8, 4) is 11.3 Å². The van der Waals surface area contributed by atoms with Crippen molar-refractivity contribution >= 4 is 27.5 Å². The Morgan fingerprint density at radius 1 is 1.38 bits per heavy atom. The number of rotatable bonds is 5. The molecule has 126 valence electrons. The third-order valence-electron chi connectivity index (χ3n) is 3.71. The number of nitrogens with one attached hydrogen (secondary N) is 1. The van der Waals surface area contributed by atoms with E-state index < -0.39 is 0 Å². The van der Waals surface area contributed by atoms with E-state index in [0.717, 1.165) is 16.8 Å². The molecule has 0 aliphatic heterocycles. The fourth-order valence-corrected chi connectivity index (χ4v) is 3.47. The molecule has 5 nitrogen and oxygen atoms in total. The average Bonchev–Trinajstić information content (AvgIpc) is 3.09. The number of aromatic nitrogens is 2. The van der Waals surface area contributed by atoms with Crippen molar-refractivity contribution in [2.24, 2.45) is 7.05 Å². The summed E-state index contributed by atoms with van der Waals surface area (Å²) in [4.78, 5) is 15.8. The lowest BCUT2D eigenvalue weighted by Gasteiger charge is -2.09. The van der Waals surface area contributed by atoms with Crippen LogP contribution < -0.4 is 5.32 Å². The van der Waals surface area contributed by atoms with Crippen LogP contribution in [0.25, 0.3) is 21.5 Å². The molecule has 0 saturated carbocycles. The number of hydrogen-bond acceptors (Lipinski definition) is 4. The molecule has 0 unspecified atom stereocenters. The van der Waals surface area contributed by atoms with E-state index in [4.69, 9.17) is 0 Å². The zero-order valence-electron chi connectivity index (χ0n) is 13.8. The third kappa shape index (κ3) is 3.18. The topological polar surface area (TPSA) is 50.2 Å². The number of benzene rings is 1. The molecule has 0 fully saturated rings. The van der Waals surface area contributed by atoms with Crippen molar-refractivity contribution in [3.05, 3.63) is 41.0 Å². The van der Waals surface area contributed by atoms with Gasteiger partial charge in [0, 0.05) is 31.1 Å². The largest absolute Gasteiger partial charge is 0.350 e. The van der Waals surface area contributed by atoms with Crippen LogP contribution in [0.1, 0.15) is 9.67 Å². The Morgan fingerprint density at radius 2 is 2.12 bits per heavy atom. The Bertz CT molecular complexity index is 884. The van der Waals surface area contributed by atoms with Gasteiger partial charge in [0.2, 0.25) is 0 Å². The maximum atomic E-state index is 14.1. The molecule has 0 aliphatic rings. The molecule has 1 N–H and O–H groups in total. The fraction of sp³-hybridized carbons (Fsp3) is 0.294. The lowest BCUT2D eigenvalue weighted by atomic mass is 10.1. The molecule has 7 heteroatoms. The predicted octanol–water partition coefficient (Wildman–Crippen LogP) is 2.73. The molecule has 3 aromatic rings. The molecular weight excluding hydrogens is 327 g/mol. The second-order valence-electron chi connectivity index (χ2n) is 5.84. The molecule has 24 heavy (non-hydrogen) atoms. The van der Waals surface area contributed by atoms with Crippen molar-refractivity contribution < 1.29 is 9.18 Å². The van der Waals surface area contributed by atoms with Crippen molar-refractivity contribution in [2.45, 2.75) is 0 Å².